The summed E-state index contributed by atoms with van der Waals surface area (Å²) in [6.07, 6.45) is 4.03. The molecule has 3 N–H and O–H groups in total. The molecule has 3 rings (SSSR count). The molecule has 0 heterocycles. The maximum absolute atomic E-state index is 11.2. The Labute approximate surface area is 131 Å². The van der Waals surface area contributed by atoms with Crippen LogP contribution in [0.3, 0.4) is 0 Å². The molecule has 4 heteroatoms. The van der Waals surface area contributed by atoms with Crippen LogP contribution < -0.4 is 5.30 Å². The fourth-order valence-electron chi connectivity index (χ4n) is 3.77. The van der Waals surface area contributed by atoms with E-state index in [9.17, 15) is 14.7 Å². The van der Waals surface area contributed by atoms with Crippen molar-refractivity contribution in [3.8, 4) is 0 Å². The van der Waals surface area contributed by atoms with Crippen LogP contribution in [0.5, 0.6) is 0 Å². The van der Waals surface area contributed by atoms with Crippen molar-refractivity contribution in [2.45, 2.75) is 37.3 Å². The molecule has 0 aliphatic heterocycles. The first-order chi connectivity index (χ1) is 10.5. The van der Waals surface area contributed by atoms with Gasteiger partial charge in [-0.15, -0.1) is 0 Å². The van der Waals surface area contributed by atoms with Gasteiger partial charge in [-0.3, -0.25) is 0 Å². The molecular formula is C18H23O3P. The quantitative estimate of drug-likeness (QED) is 0.760. The van der Waals surface area contributed by atoms with Crippen LogP contribution in [0.25, 0.3) is 0 Å². The molecule has 0 amide bonds. The third-order valence-electron chi connectivity index (χ3n) is 5.01. The van der Waals surface area contributed by atoms with Crippen LogP contribution >= 0.6 is 7.28 Å². The van der Waals surface area contributed by atoms with Gasteiger partial charge in [0.2, 0.25) is 0 Å². The van der Waals surface area contributed by atoms with Gasteiger partial charge in [-0.2, -0.15) is 0 Å². The molecule has 118 valence electrons. The Bertz CT molecular complexity index is 626. The Morgan fingerprint density at radius 2 is 1.18 bits per heavy atom. The van der Waals surface area contributed by atoms with Crippen LogP contribution in [0.1, 0.15) is 37.7 Å². The van der Waals surface area contributed by atoms with E-state index in [4.69, 9.17) is 0 Å². The molecule has 0 spiro atoms. The topological polar surface area (TPSA) is 60.7 Å². The average molecular weight is 318 g/mol. The molecular weight excluding hydrogens is 295 g/mol. The van der Waals surface area contributed by atoms with E-state index in [-0.39, 0.29) is 5.30 Å². The molecule has 1 aliphatic rings. The SMILES string of the molecule is OP(O)(O)(c1ccccc1)C1(c2ccccc2)CCCCC1. The maximum atomic E-state index is 11.2. The fraction of sp³-hybridized carbons (Fsp3) is 0.333. The van der Waals surface area contributed by atoms with Crippen molar-refractivity contribution in [2.24, 2.45) is 0 Å². The summed E-state index contributed by atoms with van der Waals surface area (Å²) in [6, 6.07) is 18.0. The summed E-state index contributed by atoms with van der Waals surface area (Å²) >= 11 is 0. The molecule has 1 aliphatic carbocycles. The van der Waals surface area contributed by atoms with E-state index in [1.165, 1.54) is 0 Å². The molecule has 1 saturated carbocycles. The number of hydrogen-bond acceptors (Lipinski definition) is 3. The van der Waals surface area contributed by atoms with E-state index in [2.05, 4.69) is 0 Å². The molecule has 0 aromatic heterocycles. The Morgan fingerprint density at radius 3 is 1.73 bits per heavy atom. The predicted octanol–water partition coefficient (Wildman–Crippen LogP) is 3.45. The second kappa shape index (κ2) is 5.43. The van der Waals surface area contributed by atoms with Gasteiger partial charge in [0.1, 0.15) is 0 Å². The normalized spacial score (nSPS) is 20.0. The Balaban J connectivity index is 2.22. The standard InChI is InChI=1S/C18H23O3P/c19-22(20,21,17-12-6-2-7-13-17)18(14-8-3-9-15-18)16-10-4-1-5-11-16/h1-2,4-7,10-13,19-21H,3,8-9,14-15H2. The van der Waals surface area contributed by atoms with Gasteiger partial charge < -0.3 is 0 Å². The van der Waals surface area contributed by atoms with Crippen molar-refractivity contribution in [3.05, 3.63) is 66.2 Å². The van der Waals surface area contributed by atoms with E-state index in [0.29, 0.717) is 12.8 Å². The summed E-state index contributed by atoms with van der Waals surface area (Å²) in [5, 5.41) is -0.744. The Hall–Kier alpha value is -1.25. The third-order valence-corrected chi connectivity index (χ3v) is 8.54. The van der Waals surface area contributed by atoms with Gasteiger partial charge in [0.25, 0.3) is 0 Å². The summed E-state index contributed by atoms with van der Waals surface area (Å²) in [7, 11) is -5.06. The summed E-state index contributed by atoms with van der Waals surface area (Å²) in [5.74, 6) is 0. The zero-order chi connectivity index (χ0) is 15.7. The minimum absolute atomic E-state index is 0.249. The first-order valence-corrected chi connectivity index (χ1v) is 9.92. The van der Waals surface area contributed by atoms with Gasteiger partial charge in [-0.05, 0) is 0 Å². The van der Waals surface area contributed by atoms with E-state index >= 15 is 0 Å². The van der Waals surface area contributed by atoms with Gasteiger partial charge >= 0.3 is 131 Å². The molecule has 0 radical (unpaired) electrons. The second-order valence-electron chi connectivity index (χ2n) is 6.27. The summed E-state index contributed by atoms with van der Waals surface area (Å²) < 4.78 is 0. The third kappa shape index (κ3) is 2.29. The van der Waals surface area contributed by atoms with Crippen molar-refractivity contribution in [1.29, 1.82) is 0 Å². The van der Waals surface area contributed by atoms with Gasteiger partial charge in [0.15, 0.2) is 0 Å². The zero-order valence-corrected chi connectivity index (χ0v) is 13.5. The van der Waals surface area contributed by atoms with Crippen molar-refractivity contribution < 1.29 is 14.7 Å². The van der Waals surface area contributed by atoms with Gasteiger partial charge in [0.05, 0.1) is 0 Å². The minimum atomic E-state index is -5.06. The first-order valence-electron chi connectivity index (χ1n) is 7.83. The van der Waals surface area contributed by atoms with Crippen molar-refractivity contribution >= 4 is 12.6 Å². The van der Waals surface area contributed by atoms with E-state index in [0.717, 1.165) is 24.8 Å². The summed E-state index contributed by atoms with van der Waals surface area (Å²) in [4.78, 5) is 33.7. The molecule has 22 heavy (non-hydrogen) atoms. The first kappa shape index (κ1) is 15.6. The van der Waals surface area contributed by atoms with Gasteiger partial charge in [0, 0.05) is 0 Å². The Kier molecular flexibility index (Phi) is 3.86. The zero-order valence-electron chi connectivity index (χ0n) is 12.6. The van der Waals surface area contributed by atoms with Gasteiger partial charge in [-0.1, -0.05) is 0 Å². The van der Waals surface area contributed by atoms with E-state index < -0.39 is 12.4 Å². The second-order valence-corrected chi connectivity index (χ2v) is 9.61. The average Bonchev–Trinajstić information content (AvgIpc) is 2.57. The van der Waals surface area contributed by atoms with Crippen molar-refractivity contribution in [2.75, 3.05) is 0 Å². The molecule has 0 unspecified atom stereocenters. The van der Waals surface area contributed by atoms with Crippen LogP contribution in [-0.4, -0.2) is 14.7 Å². The van der Waals surface area contributed by atoms with Crippen LogP contribution in [0.15, 0.2) is 60.7 Å². The fourth-order valence-corrected chi connectivity index (χ4v) is 6.75. The van der Waals surface area contributed by atoms with Crippen LogP contribution in [0.2, 0.25) is 0 Å². The molecule has 2 aromatic rings. The molecule has 3 nitrogen and oxygen atoms in total. The predicted molar refractivity (Wildman–Crippen MR) is 90.9 cm³/mol. The van der Waals surface area contributed by atoms with Crippen LogP contribution in [0.4, 0.5) is 0 Å². The van der Waals surface area contributed by atoms with Crippen LogP contribution in [-0.2, 0) is 5.16 Å². The van der Waals surface area contributed by atoms with Crippen molar-refractivity contribution in [1.82, 2.24) is 0 Å². The molecule has 0 bridgehead atoms. The van der Waals surface area contributed by atoms with Gasteiger partial charge in [-0.25, -0.2) is 0 Å². The Morgan fingerprint density at radius 1 is 0.682 bits per heavy atom. The molecule has 0 atom stereocenters. The number of rotatable bonds is 3. The van der Waals surface area contributed by atoms with E-state index in [1.54, 1.807) is 24.3 Å². The molecule has 1 fully saturated rings. The number of benzene rings is 2. The monoisotopic (exact) mass is 318 g/mol. The molecule has 2 aromatic carbocycles. The number of hydrogen-bond donors (Lipinski definition) is 3. The summed E-state index contributed by atoms with van der Waals surface area (Å²) in [6.45, 7) is 0. The van der Waals surface area contributed by atoms with Crippen molar-refractivity contribution in [3.63, 3.8) is 0 Å². The molecule has 0 saturated heterocycles. The van der Waals surface area contributed by atoms with E-state index in [1.807, 2.05) is 36.4 Å². The van der Waals surface area contributed by atoms with Crippen LogP contribution in [0, 0.1) is 0 Å². The summed E-state index contributed by atoms with van der Waals surface area (Å²) in [5.41, 5.74) is 0.823.